The molecule has 1 aliphatic carbocycles. The number of nitrogens with one attached hydrogen (secondary N) is 2. The van der Waals surface area contributed by atoms with E-state index < -0.39 is 36.6 Å². The number of nitrogens with zero attached hydrogens (tertiary/aromatic N) is 4. The quantitative estimate of drug-likeness (QED) is 0.355. The van der Waals surface area contributed by atoms with Crippen LogP contribution in [-0.4, -0.2) is 68.5 Å². The van der Waals surface area contributed by atoms with E-state index in [0.29, 0.717) is 28.4 Å². The van der Waals surface area contributed by atoms with Gasteiger partial charge in [0.1, 0.15) is 6.04 Å². The minimum absolute atomic E-state index is 0.169. The molecule has 2 aliphatic rings. The predicted molar refractivity (Wildman–Crippen MR) is 142 cm³/mol. The fourth-order valence-electron chi connectivity index (χ4n) is 4.75. The van der Waals surface area contributed by atoms with Crippen LogP contribution in [0.2, 0.25) is 5.02 Å². The van der Waals surface area contributed by atoms with Crippen molar-refractivity contribution in [2.24, 2.45) is 0 Å². The Kier molecular flexibility index (Phi) is 7.56. The van der Waals surface area contributed by atoms with E-state index in [4.69, 9.17) is 16.3 Å². The number of rotatable bonds is 9. The lowest BCUT2D eigenvalue weighted by Gasteiger charge is -2.35. The molecule has 1 aromatic carbocycles. The zero-order valence-electron chi connectivity index (χ0n) is 21.7. The maximum absolute atomic E-state index is 13.4. The van der Waals surface area contributed by atoms with Gasteiger partial charge in [0.05, 0.1) is 42.4 Å². The van der Waals surface area contributed by atoms with Gasteiger partial charge in [0, 0.05) is 42.6 Å². The molecule has 5 rings (SSSR count). The number of methoxy groups -OCH3 is 1. The summed E-state index contributed by atoms with van der Waals surface area (Å²) in [5, 5.41) is 15.7. The van der Waals surface area contributed by atoms with E-state index in [1.165, 1.54) is 18.2 Å². The van der Waals surface area contributed by atoms with Crippen LogP contribution in [0.4, 0.5) is 14.7 Å². The number of aromatic nitrogens is 3. The third-order valence-corrected chi connectivity index (χ3v) is 7.32. The molecule has 1 aliphatic heterocycles. The first kappa shape index (κ1) is 27.7. The third kappa shape index (κ3) is 5.54. The minimum Gasteiger partial charge on any atom is -0.481 e. The summed E-state index contributed by atoms with van der Waals surface area (Å²) in [4.78, 5) is 40.6. The Hall–Kier alpha value is -3.90. The highest BCUT2D eigenvalue weighted by Crippen LogP contribution is 2.39. The number of fused-ring (bicyclic) bond motifs is 1. The third-order valence-electron chi connectivity index (χ3n) is 7.04. The van der Waals surface area contributed by atoms with Gasteiger partial charge in [-0.2, -0.15) is 0 Å². The molecule has 0 unspecified atom stereocenters. The Morgan fingerprint density at radius 3 is 2.75 bits per heavy atom. The molecule has 13 heteroatoms. The zero-order chi connectivity index (χ0) is 28.6. The average molecular weight is 573 g/mol. The van der Waals surface area contributed by atoms with Crippen molar-refractivity contribution in [3.05, 3.63) is 64.4 Å². The van der Waals surface area contributed by atoms with Gasteiger partial charge in [-0.3, -0.25) is 9.59 Å². The molecule has 3 aromatic rings. The van der Waals surface area contributed by atoms with Crippen LogP contribution in [0.5, 0.6) is 5.88 Å². The molecule has 2 atom stereocenters. The number of carbonyl (C=O) groups excluding carboxylic acids is 2. The van der Waals surface area contributed by atoms with Crippen LogP contribution in [0.1, 0.15) is 47.4 Å². The summed E-state index contributed by atoms with van der Waals surface area (Å²) in [6.07, 6.45) is 0.794. The average Bonchev–Trinajstić information content (AvgIpc) is 3.26. The van der Waals surface area contributed by atoms with Gasteiger partial charge in [0.25, 0.3) is 11.8 Å². The largest absolute Gasteiger partial charge is 0.481 e. The van der Waals surface area contributed by atoms with E-state index in [1.54, 1.807) is 43.3 Å². The summed E-state index contributed by atoms with van der Waals surface area (Å²) < 4.78 is 31.5. The van der Waals surface area contributed by atoms with Gasteiger partial charge in [-0.1, -0.05) is 29.8 Å². The van der Waals surface area contributed by atoms with Gasteiger partial charge in [0.15, 0.2) is 0 Å². The Morgan fingerprint density at radius 2 is 2.05 bits per heavy atom. The van der Waals surface area contributed by atoms with Crippen LogP contribution in [-0.2, 0) is 11.3 Å². The molecule has 2 amide bonds. The molecule has 0 bridgehead atoms. The Balaban J connectivity index is 1.30. The number of pyridine rings is 1. The number of ether oxygens (including phenoxy) is 1. The zero-order valence-corrected chi connectivity index (χ0v) is 22.5. The monoisotopic (exact) mass is 572 g/mol. The van der Waals surface area contributed by atoms with E-state index in [1.807, 2.05) is 0 Å². The van der Waals surface area contributed by atoms with Crippen molar-refractivity contribution in [2.75, 3.05) is 19.0 Å². The van der Waals surface area contributed by atoms with Crippen molar-refractivity contribution in [2.45, 2.75) is 50.4 Å². The molecular formula is C27H27ClF2N6O4. The van der Waals surface area contributed by atoms with Gasteiger partial charge in [-0.15, -0.1) is 0 Å². The molecule has 0 radical (unpaired) electrons. The normalized spacial score (nSPS) is 17.6. The van der Waals surface area contributed by atoms with E-state index in [9.17, 15) is 23.5 Å². The first-order chi connectivity index (χ1) is 19.1. The van der Waals surface area contributed by atoms with Gasteiger partial charge >= 0.3 is 0 Å². The van der Waals surface area contributed by atoms with Crippen LogP contribution in [0.15, 0.2) is 42.6 Å². The molecule has 2 aromatic heterocycles. The van der Waals surface area contributed by atoms with Crippen molar-refractivity contribution in [3.63, 3.8) is 0 Å². The van der Waals surface area contributed by atoms with Crippen molar-refractivity contribution >= 4 is 29.4 Å². The number of hydrogen-bond acceptors (Lipinski definition) is 8. The predicted octanol–water partition coefficient (Wildman–Crippen LogP) is 3.60. The minimum atomic E-state index is -2.68. The lowest BCUT2D eigenvalue weighted by molar-refractivity contribution is -0.126. The highest BCUT2D eigenvalue weighted by molar-refractivity contribution is 6.33. The molecule has 10 nitrogen and oxygen atoms in total. The maximum atomic E-state index is 13.4. The smallest absolute Gasteiger partial charge is 0.255 e. The van der Waals surface area contributed by atoms with Gasteiger partial charge in [-0.05, 0) is 24.6 Å². The highest BCUT2D eigenvalue weighted by Gasteiger charge is 2.45. The molecule has 40 heavy (non-hydrogen) atoms. The molecule has 210 valence electrons. The number of aliphatic hydroxyl groups is 1. The van der Waals surface area contributed by atoms with Crippen molar-refractivity contribution < 1.29 is 28.2 Å². The van der Waals surface area contributed by atoms with Gasteiger partial charge in [-0.25, -0.2) is 23.7 Å². The van der Waals surface area contributed by atoms with Crippen LogP contribution in [0, 0.1) is 0 Å². The van der Waals surface area contributed by atoms with E-state index in [0.717, 1.165) is 5.56 Å². The molecule has 0 saturated heterocycles. The van der Waals surface area contributed by atoms with Crippen LogP contribution < -0.4 is 15.4 Å². The van der Waals surface area contributed by atoms with Crippen molar-refractivity contribution in [1.82, 2.24) is 25.2 Å². The number of amides is 2. The number of halogens is 3. The molecule has 0 spiro atoms. The summed E-state index contributed by atoms with van der Waals surface area (Å²) >= 11 is 6.35. The summed E-state index contributed by atoms with van der Waals surface area (Å²) in [6.45, 7) is 1.43. The van der Waals surface area contributed by atoms with Crippen LogP contribution in [0.25, 0.3) is 11.3 Å². The molecule has 3 heterocycles. The highest BCUT2D eigenvalue weighted by atomic mass is 35.5. The second kappa shape index (κ2) is 10.9. The second-order valence-corrected chi connectivity index (χ2v) is 10.2. The number of carbonyl (C=O) groups is 2. The standard InChI is InChI=1S/C27H27ClF2N6O4/c1-14(24(38)34-21(13-37)20-4-3-5-22(33-20)40-2)36-12-16-7-6-15(8-18(16)25(36)39)23-19(28)11-31-26(35-23)32-17-9-27(29,30)10-17/h3-8,11,14,17,21,37H,9-10,12-13H2,1-2H3,(H,34,38)(H,31,32,35)/t14-,21-/m1/s1. The number of anilines is 1. The SMILES string of the molecule is COc1cccc([C@@H](CO)NC(=O)[C@@H](C)N2Cc3ccc(-c4nc(NC5CC(F)(F)C5)ncc4Cl)cc3C2=O)n1. The lowest BCUT2D eigenvalue weighted by atomic mass is 9.88. The molecular weight excluding hydrogens is 546 g/mol. The Labute approximate surface area is 233 Å². The number of hydrogen-bond donors (Lipinski definition) is 3. The number of benzene rings is 1. The van der Waals surface area contributed by atoms with Gasteiger partial charge < -0.3 is 25.4 Å². The first-order valence-corrected chi connectivity index (χ1v) is 13.0. The summed E-state index contributed by atoms with van der Waals surface area (Å²) in [5.74, 6) is -2.97. The molecule has 1 fully saturated rings. The fourth-order valence-corrected chi connectivity index (χ4v) is 4.95. The summed E-state index contributed by atoms with van der Waals surface area (Å²) in [5.41, 5.74) is 2.44. The second-order valence-electron chi connectivity index (χ2n) is 9.83. The van der Waals surface area contributed by atoms with Crippen molar-refractivity contribution in [3.8, 4) is 17.1 Å². The van der Waals surface area contributed by atoms with Gasteiger partial charge in [0.2, 0.25) is 17.7 Å². The van der Waals surface area contributed by atoms with E-state index >= 15 is 0 Å². The van der Waals surface area contributed by atoms with Crippen LogP contribution >= 0.6 is 11.6 Å². The first-order valence-electron chi connectivity index (χ1n) is 12.6. The van der Waals surface area contributed by atoms with Crippen molar-refractivity contribution in [1.29, 1.82) is 0 Å². The topological polar surface area (TPSA) is 130 Å². The van der Waals surface area contributed by atoms with E-state index in [-0.39, 0.29) is 36.3 Å². The molecule has 1 saturated carbocycles. The maximum Gasteiger partial charge on any atom is 0.255 e. The van der Waals surface area contributed by atoms with Crippen LogP contribution in [0.3, 0.4) is 0 Å². The number of aliphatic hydroxyl groups excluding tert-OH is 1. The molecule has 3 N–H and O–H groups in total. The fraction of sp³-hybridized carbons (Fsp3) is 0.370. The summed E-state index contributed by atoms with van der Waals surface area (Å²) in [6, 6.07) is 8.12. The van der Waals surface area contributed by atoms with E-state index in [2.05, 4.69) is 25.6 Å². The Bertz CT molecular complexity index is 1450. The Morgan fingerprint density at radius 1 is 1.27 bits per heavy atom. The summed E-state index contributed by atoms with van der Waals surface area (Å²) in [7, 11) is 1.47. The number of alkyl halides is 2. The lowest BCUT2D eigenvalue weighted by Crippen LogP contribution is -2.46.